The summed E-state index contributed by atoms with van der Waals surface area (Å²) in [4.78, 5) is 0. The summed E-state index contributed by atoms with van der Waals surface area (Å²) in [6.07, 6.45) is 0.167. The molecule has 0 fully saturated rings. The zero-order chi connectivity index (χ0) is 17.4. The molecule has 128 valence electrons. The molecule has 0 aliphatic carbocycles. The fourth-order valence-electron chi connectivity index (χ4n) is 2.03. The van der Waals surface area contributed by atoms with Crippen LogP contribution in [-0.4, -0.2) is 24.4 Å². The van der Waals surface area contributed by atoms with Gasteiger partial charge in [0.15, 0.2) is 5.11 Å². The average molecular weight is 344 g/mol. The van der Waals surface area contributed by atoms with Gasteiger partial charge in [-0.3, -0.25) is 0 Å². The SMILES string of the molecule is Cc1ccc(OCCNC(=S)Nc2ccc(OC(C)C)cc2)cc1. The van der Waals surface area contributed by atoms with Crippen LogP contribution in [0.4, 0.5) is 5.69 Å². The molecule has 0 saturated carbocycles. The molecule has 0 unspecified atom stereocenters. The maximum Gasteiger partial charge on any atom is 0.170 e. The maximum atomic E-state index is 5.65. The highest BCUT2D eigenvalue weighted by Crippen LogP contribution is 2.16. The van der Waals surface area contributed by atoms with Crippen LogP contribution in [0.2, 0.25) is 0 Å². The fourth-order valence-corrected chi connectivity index (χ4v) is 2.25. The summed E-state index contributed by atoms with van der Waals surface area (Å²) < 4.78 is 11.3. The Morgan fingerprint density at radius 3 is 2.25 bits per heavy atom. The Hall–Kier alpha value is -2.27. The highest BCUT2D eigenvalue weighted by molar-refractivity contribution is 7.80. The zero-order valence-electron chi connectivity index (χ0n) is 14.3. The molecule has 5 heteroatoms. The molecule has 4 nitrogen and oxygen atoms in total. The number of rotatable bonds is 7. The van der Waals surface area contributed by atoms with Crippen LogP contribution < -0.4 is 20.1 Å². The minimum absolute atomic E-state index is 0.167. The van der Waals surface area contributed by atoms with Crippen molar-refractivity contribution in [3.8, 4) is 11.5 Å². The topological polar surface area (TPSA) is 42.5 Å². The standard InChI is InChI=1S/C19H24N2O2S/c1-14(2)23-18-10-6-16(7-11-18)21-19(24)20-12-13-22-17-8-4-15(3)5-9-17/h4-11,14H,12-13H2,1-3H3,(H2,20,21,24). The molecule has 0 atom stereocenters. The zero-order valence-corrected chi connectivity index (χ0v) is 15.2. The van der Waals surface area contributed by atoms with Crippen molar-refractivity contribution in [2.75, 3.05) is 18.5 Å². The van der Waals surface area contributed by atoms with E-state index in [0.29, 0.717) is 18.3 Å². The van der Waals surface area contributed by atoms with E-state index in [1.165, 1.54) is 5.56 Å². The number of nitrogens with one attached hydrogen (secondary N) is 2. The van der Waals surface area contributed by atoms with Gasteiger partial charge >= 0.3 is 0 Å². The first kappa shape index (κ1) is 18.1. The highest BCUT2D eigenvalue weighted by Gasteiger charge is 2.00. The van der Waals surface area contributed by atoms with E-state index in [0.717, 1.165) is 17.2 Å². The van der Waals surface area contributed by atoms with Crippen molar-refractivity contribution in [1.29, 1.82) is 0 Å². The van der Waals surface area contributed by atoms with Crippen molar-refractivity contribution in [3.63, 3.8) is 0 Å². The maximum absolute atomic E-state index is 5.65. The number of hydrogen-bond acceptors (Lipinski definition) is 3. The van der Waals surface area contributed by atoms with Gasteiger partial charge in [0, 0.05) is 5.69 Å². The third kappa shape index (κ3) is 6.46. The molecule has 2 aromatic rings. The Kier molecular flexibility index (Phi) is 6.88. The summed E-state index contributed by atoms with van der Waals surface area (Å²) in [6, 6.07) is 15.7. The highest BCUT2D eigenvalue weighted by atomic mass is 32.1. The van der Waals surface area contributed by atoms with Gasteiger partial charge in [-0.05, 0) is 69.4 Å². The van der Waals surface area contributed by atoms with Crippen LogP contribution in [0.25, 0.3) is 0 Å². The third-order valence-corrected chi connectivity index (χ3v) is 3.41. The van der Waals surface area contributed by atoms with Crippen LogP contribution in [0.1, 0.15) is 19.4 Å². The first-order valence-corrected chi connectivity index (χ1v) is 8.45. The number of hydrogen-bond donors (Lipinski definition) is 2. The minimum Gasteiger partial charge on any atom is -0.492 e. The lowest BCUT2D eigenvalue weighted by molar-refractivity contribution is 0.242. The molecule has 0 aliphatic rings. The predicted molar refractivity (Wildman–Crippen MR) is 103 cm³/mol. The second kappa shape index (κ2) is 9.13. The predicted octanol–water partition coefficient (Wildman–Crippen LogP) is 4.15. The lowest BCUT2D eigenvalue weighted by atomic mass is 10.2. The first-order chi connectivity index (χ1) is 11.5. The van der Waals surface area contributed by atoms with Crippen LogP contribution >= 0.6 is 12.2 Å². The summed E-state index contributed by atoms with van der Waals surface area (Å²) in [5.41, 5.74) is 2.14. The monoisotopic (exact) mass is 344 g/mol. The molecule has 0 aromatic heterocycles. The fraction of sp³-hybridized carbons (Fsp3) is 0.316. The Balaban J connectivity index is 1.68. The lowest BCUT2D eigenvalue weighted by Gasteiger charge is -2.13. The second-order valence-corrected chi connectivity index (χ2v) is 6.14. The van der Waals surface area contributed by atoms with Gasteiger partial charge in [-0.2, -0.15) is 0 Å². The molecule has 0 heterocycles. The molecule has 2 aromatic carbocycles. The van der Waals surface area contributed by atoms with Gasteiger partial charge in [0.25, 0.3) is 0 Å². The van der Waals surface area contributed by atoms with Crippen molar-refractivity contribution in [2.24, 2.45) is 0 Å². The molecule has 2 N–H and O–H groups in total. The molecule has 0 bridgehead atoms. The molecular formula is C19H24N2O2S. The summed E-state index contributed by atoms with van der Waals surface area (Å²) in [5.74, 6) is 1.71. The van der Waals surface area contributed by atoms with Crippen LogP contribution in [-0.2, 0) is 0 Å². The molecule has 0 aliphatic heterocycles. The van der Waals surface area contributed by atoms with Crippen molar-refractivity contribution in [2.45, 2.75) is 26.9 Å². The molecule has 0 amide bonds. The van der Waals surface area contributed by atoms with Gasteiger partial charge in [-0.15, -0.1) is 0 Å². The number of ether oxygens (including phenoxy) is 2. The summed E-state index contributed by atoms with van der Waals surface area (Å²) in [5, 5.41) is 6.83. The quantitative estimate of drug-likeness (QED) is 0.583. The molecule has 0 spiro atoms. The van der Waals surface area contributed by atoms with Crippen molar-refractivity contribution < 1.29 is 9.47 Å². The largest absolute Gasteiger partial charge is 0.492 e. The average Bonchev–Trinajstić information content (AvgIpc) is 2.55. The van der Waals surface area contributed by atoms with Crippen molar-refractivity contribution in [3.05, 3.63) is 54.1 Å². The first-order valence-electron chi connectivity index (χ1n) is 8.04. The van der Waals surface area contributed by atoms with Gasteiger partial charge in [0.1, 0.15) is 18.1 Å². The Labute approximate surface area is 149 Å². The van der Waals surface area contributed by atoms with Crippen molar-refractivity contribution in [1.82, 2.24) is 5.32 Å². The Bertz CT molecular complexity index is 639. The van der Waals surface area contributed by atoms with Crippen molar-refractivity contribution >= 4 is 23.0 Å². The Morgan fingerprint density at radius 1 is 1.00 bits per heavy atom. The van der Waals surface area contributed by atoms with E-state index in [1.54, 1.807) is 0 Å². The van der Waals surface area contributed by atoms with E-state index >= 15 is 0 Å². The van der Waals surface area contributed by atoms with E-state index < -0.39 is 0 Å². The van der Waals surface area contributed by atoms with E-state index in [1.807, 2.05) is 62.4 Å². The van der Waals surface area contributed by atoms with Crippen LogP contribution in [0.3, 0.4) is 0 Å². The summed E-state index contributed by atoms with van der Waals surface area (Å²) >= 11 is 5.28. The van der Waals surface area contributed by atoms with Crippen LogP contribution in [0, 0.1) is 6.92 Å². The van der Waals surface area contributed by atoms with E-state index in [9.17, 15) is 0 Å². The number of benzene rings is 2. The molecule has 0 saturated heterocycles. The number of thiocarbonyl (C=S) groups is 1. The van der Waals surface area contributed by atoms with Gasteiger partial charge in [-0.25, -0.2) is 0 Å². The molecule has 0 radical (unpaired) electrons. The van der Waals surface area contributed by atoms with Crippen LogP contribution in [0.15, 0.2) is 48.5 Å². The summed E-state index contributed by atoms with van der Waals surface area (Å²) in [6.45, 7) is 7.24. The van der Waals surface area contributed by atoms with E-state index in [-0.39, 0.29) is 6.10 Å². The third-order valence-electron chi connectivity index (χ3n) is 3.16. The van der Waals surface area contributed by atoms with E-state index in [4.69, 9.17) is 21.7 Å². The molecular weight excluding hydrogens is 320 g/mol. The van der Waals surface area contributed by atoms with E-state index in [2.05, 4.69) is 17.6 Å². The second-order valence-electron chi connectivity index (χ2n) is 5.73. The van der Waals surface area contributed by atoms with Gasteiger partial charge < -0.3 is 20.1 Å². The van der Waals surface area contributed by atoms with Gasteiger partial charge in [-0.1, -0.05) is 17.7 Å². The number of aryl methyl sites for hydroxylation is 1. The lowest BCUT2D eigenvalue weighted by Crippen LogP contribution is -2.31. The Morgan fingerprint density at radius 2 is 1.62 bits per heavy atom. The normalized spacial score (nSPS) is 10.3. The van der Waals surface area contributed by atoms with Gasteiger partial charge in [0.2, 0.25) is 0 Å². The smallest absolute Gasteiger partial charge is 0.170 e. The van der Waals surface area contributed by atoms with Gasteiger partial charge in [0.05, 0.1) is 12.6 Å². The molecule has 24 heavy (non-hydrogen) atoms. The molecule has 2 rings (SSSR count). The summed E-state index contributed by atoms with van der Waals surface area (Å²) in [7, 11) is 0. The van der Waals surface area contributed by atoms with Crippen LogP contribution in [0.5, 0.6) is 11.5 Å². The number of anilines is 1. The minimum atomic E-state index is 0.167.